The quantitative estimate of drug-likeness (QED) is 0.429. The predicted octanol–water partition coefficient (Wildman–Crippen LogP) is 4.76. The summed E-state index contributed by atoms with van der Waals surface area (Å²) >= 11 is 0. The summed E-state index contributed by atoms with van der Waals surface area (Å²) in [6.45, 7) is 4.42. The highest BCUT2D eigenvalue weighted by Crippen LogP contribution is 2.19. The lowest BCUT2D eigenvalue weighted by atomic mass is 9.99. The molecule has 4 rings (SSSR count). The van der Waals surface area contributed by atoms with Crippen molar-refractivity contribution >= 4 is 16.6 Å². The van der Waals surface area contributed by atoms with Crippen molar-refractivity contribution in [1.29, 1.82) is 0 Å². The fourth-order valence-corrected chi connectivity index (χ4v) is 3.59. The van der Waals surface area contributed by atoms with E-state index in [2.05, 4.69) is 29.1 Å². The minimum atomic E-state index is 0.198. The number of Topliss-reactive ketones (excluding diaryl/α,β-unsaturated/α-hetero) is 1. The zero-order valence-electron chi connectivity index (χ0n) is 17.5. The molecule has 0 fully saturated rings. The van der Waals surface area contributed by atoms with Crippen LogP contribution in [0.2, 0.25) is 0 Å². The number of carbonyl (C=O) groups excluding carboxylic acids is 1. The molecule has 4 aromatic rings. The Bertz CT molecular complexity index is 1140. The second-order valence-electron chi connectivity index (χ2n) is 8.16. The molecule has 0 aliphatic heterocycles. The van der Waals surface area contributed by atoms with Crippen LogP contribution in [0.1, 0.15) is 37.1 Å². The first-order valence-electron chi connectivity index (χ1n) is 10.4. The first-order chi connectivity index (χ1) is 14.6. The van der Waals surface area contributed by atoms with Crippen LogP contribution in [-0.2, 0) is 24.1 Å². The van der Waals surface area contributed by atoms with Crippen LogP contribution in [0.25, 0.3) is 16.5 Å². The van der Waals surface area contributed by atoms with Gasteiger partial charge in [0.2, 0.25) is 0 Å². The Hall–Kier alpha value is -3.34. The van der Waals surface area contributed by atoms with Gasteiger partial charge in [-0.25, -0.2) is 4.68 Å². The molecule has 2 aromatic heterocycles. The highest BCUT2D eigenvalue weighted by Gasteiger charge is 2.09. The lowest BCUT2D eigenvalue weighted by molar-refractivity contribution is -0.117. The summed E-state index contributed by atoms with van der Waals surface area (Å²) < 4.78 is 1.80. The molecular formula is C25H26N4O. The van der Waals surface area contributed by atoms with Crippen LogP contribution in [0, 0.1) is 5.92 Å². The van der Waals surface area contributed by atoms with Gasteiger partial charge < -0.3 is 0 Å². The molecule has 5 heteroatoms. The molecule has 2 heterocycles. The number of aryl methyl sites for hydroxylation is 1. The molecule has 0 amide bonds. The Morgan fingerprint density at radius 3 is 2.67 bits per heavy atom. The molecule has 0 atom stereocenters. The van der Waals surface area contributed by atoms with E-state index in [1.54, 1.807) is 10.9 Å². The smallest absolute Gasteiger partial charge is 0.141 e. The van der Waals surface area contributed by atoms with Crippen LogP contribution in [0.5, 0.6) is 0 Å². The average Bonchev–Trinajstić information content (AvgIpc) is 3.22. The van der Waals surface area contributed by atoms with Gasteiger partial charge in [0.1, 0.15) is 5.78 Å². The number of hydrogen-bond acceptors (Lipinski definition) is 4. The number of aromatic nitrogens is 4. The summed E-state index contributed by atoms with van der Waals surface area (Å²) in [5.41, 5.74) is 4.02. The Balaban J connectivity index is 1.40. The SMILES string of the molecule is CC(C)CCc1cn(-c2ccc(CC(=O)Cc3cccc4cnccc34)cc2)nn1. The predicted molar refractivity (Wildman–Crippen MR) is 119 cm³/mol. The zero-order valence-corrected chi connectivity index (χ0v) is 17.5. The first-order valence-corrected chi connectivity index (χ1v) is 10.4. The van der Waals surface area contributed by atoms with Gasteiger partial charge in [-0.3, -0.25) is 9.78 Å². The molecule has 152 valence electrons. The van der Waals surface area contributed by atoms with Crippen molar-refractivity contribution in [3.05, 3.63) is 83.9 Å². The van der Waals surface area contributed by atoms with Gasteiger partial charge in [-0.2, -0.15) is 0 Å². The summed E-state index contributed by atoms with van der Waals surface area (Å²) in [5, 5.41) is 10.7. The van der Waals surface area contributed by atoms with Crippen molar-refractivity contribution in [3.63, 3.8) is 0 Å². The van der Waals surface area contributed by atoms with Crippen LogP contribution in [0.15, 0.2) is 67.1 Å². The van der Waals surface area contributed by atoms with Gasteiger partial charge >= 0.3 is 0 Å². The van der Waals surface area contributed by atoms with E-state index >= 15 is 0 Å². The van der Waals surface area contributed by atoms with Gasteiger partial charge in [0.25, 0.3) is 0 Å². The standard InChI is InChI=1S/C25H26N4O/c1-18(2)6-9-22-17-29(28-27-22)23-10-7-19(8-11-23)14-24(30)15-20-4-3-5-21-16-26-13-12-25(20)21/h3-5,7-8,10-13,16-18H,6,9,14-15H2,1-2H3. The molecule has 0 radical (unpaired) electrons. The normalized spacial score (nSPS) is 11.3. The molecule has 30 heavy (non-hydrogen) atoms. The van der Waals surface area contributed by atoms with Gasteiger partial charge in [-0.05, 0) is 53.5 Å². The van der Waals surface area contributed by atoms with E-state index in [1.807, 2.05) is 60.9 Å². The summed E-state index contributed by atoms with van der Waals surface area (Å²) in [6, 6.07) is 16.0. The topological polar surface area (TPSA) is 60.7 Å². The van der Waals surface area contributed by atoms with Crippen molar-refractivity contribution in [3.8, 4) is 5.69 Å². The van der Waals surface area contributed by atoms with Gasteiger partial charge in [0, 0.05) is 30.6 Å². The lowest BCUT2D eigenvalue weighted by Crippen LogP contribution is -2.07. The van der Waals surface area contributed by atoms with Crippen LogP contribution in [0.4, 0.5) is 0 Å². The molecule has 2 aromatic carbocycles. The Morgan fingerprint density at radius 1 is 1.03 bits per heavy atom. The Morgan fingerprint density at radius 2 is 1.87 bits per heavy atom. The summed E-state index contributed by atoms with van der Waals surface area (Å²) in [7, 11) is 0. The molecule has 0 N–H and O–H groups in total. The van der Waals surface area contributed by atoms with Crippen molar-refractivity contribution in [2.24, 2.45) is 5.92 Å². The van der Waals surface area contributed by atoms with Gasteiger partial charge in [0.15, 0.2) is 0 Å². The molecule has 0 bridgehead atoms. The minimum Gasteiger partial charge on any atom is -0.299 e. The first kappa shape index (κ1) is 20.0. The van der Waals surface area contributed by atoms with E-state index in [4.69, 9.17) is 0 Å². The van der Waals surface area contributed by atoms with Crippen molar-refractivity contribution in [1.82, 2.24) is 20.0 Å². The van der Waals surface area contributed by atoms with Crippen molar-refractivity contribution < 1.29 is 4.79 Å². The van der Waals surface area contributed by atoms with Crippen LogP contribution >= 0.6 is 0 Å². The van der Waals surface area contributed by atoms with E-state index < -0.39 is 0 Å². The number of carbonyl (C=O) groups is 1. The van der Waals surface area contributed by atoms with Crippen LogP contribution in [-0.4, -0.2) is 25.8 Å². The molecule has 0 aliphatic carbocycles. The Kier molecular flexibility index (Phi) is 5.98. The molecule has 0 aliphatic rings. The molecule has 0 saturated heterocycles. The maximum absolute atomic E-state index is 12.7. The highest BCUT2D eigenvalue weighted by atomic mass is 16.1. The third-order valence-electron chi connectivity index (χ3n) is 5.28. The number of benzene rings is 2. The van der Waals surface area contributed by atoms with Gasteiger partial charge in [-0.1, -0.05) is 49.4 Å². The van der Waals surface area contributed by atoms with Gasteiger partial charge in [-0.15, -0.1) is 5.10 Å². The molecule has 0 saturated carbocycles. The summed E-state index contributed by atoms with van der Waals surface area (Å²) in [5.74, 6) is 0.848. The number of nitrogens with zero attached hydrogens (tertiary/aromatic N) is 4. The summed E-state index contributed by atoms with van der Waals surface area (Å²) in [4.78, 5) is 16.8. The Labute approximate surface area is 176 Å². The molecule has 5 nitrogen and oxygen atoms in total. The van der Waals surface area contributed by atoms with Gasteiger partial charge in [0.05, 0.1) is 17.6 Å². The lowest BCUT2D eigenvalue weighted by Gasteiger charge is -2.07. The minimum absolute atomic E-state index is 0.198. The average molecular weight is 399 g/mol. The number of ketones is 1. The molecular weight excluding hydrogens is 372 g/mol. The number of pyridine rings is 1. The second-order valence-corrected chi connectivity index (χ2v) is 8.16. The van der Waals surface area contributed by atoms with E-state index in [1.165, 1.54) is 0 Å². The van der Waals surface area contributed by atoms with E-state index in [0.717, 1.165) is 46.1 Å². The van der Waals surface area contributed by atoms with Crippen molar-refractivity contribution in [2.75, 3.05) is 0 Å². The van der Waals surface area contributed by atoms with E-state index in [-0.39, 0.29) is 5.78 Å². The van der Waals surface area contributed by atoms with E-state index in [9.17, 15) is 4.79 Å². The maximum atomic E-state index is 12.7. The fourth-order valence-electron chi connectivity index (χ4n) is 3.59. The number of hydrogen-bond donors (Lipinski definition) is 0. The third kappa shape index (κ3) is 4.79. The number of rotatable bonds is 8. The largest absolute Gasteiger partial charge is 0.299 e. The maximum Gasteiger partial charge on any atom is 0.141 e. The monoisotopic (exact) mass is 398 g/mol. The third-order valence-corrected chi connectivity index (χ3v) is 5.28. The van der Waals surface area contributed by atoms with Crippen molar-refractivity contribution in [2.45, 2.75) is 39.5 Å². The van der Waals surface area contributed by atoms with Crippen LogP contribution in [0.3, 0.4) is 0 Å². The van der Waals surface area contributed by atoms with Crippen LogP contribution < -0.4 is 0 Å². The second kappa shape index (κ2) is 8.99. The van der Waals surface area contributed by atoms with E-state index in [0.29, 0.717) is 18.8 Å². The number of fused-ring (bicyclic) bond motifs is 1. The molecule has 0 spiro atoms. The molecule has 0 unspecified atom stereocenters. The highest BCUT2D eigenvalue weighted by molar-refractivity contribution is 5.91. The summed E-state index contributed by atoms with van der Waals surface area (Å²) in [6.07, 6.45) is 8.47. The fraction of sp³-hybridized carbons (Fsp3) is 0.280. The zero-order chi connectivity index (χ0) is 20.9.